The van der Waals surface area contributed by atoms with Crippen LogP contribution >= 0.6 is 0 Å². The number of fused-ring (bicyclic) bond motifs is 2. The minimum absolute atomic E-state index is 0.0407. The van der Waals surface area contributed by atoms with Crippen LogP contribution in [0, 0.1) is 0 Å². The quantitative estimate of drug-likeness (QED) is 0.743. The van der Waals surface area contributed by atoms with Gasteiger partial charge in [0.05, 0.1) is 6.20 Å². The molecule has 1 aromatic carbocycles. The number of aromatic nitrogens is 2. The van der Waals surface area contributed by atoms with Gasteiger partial charge in [0.25, 0.3) is 5.91 Å². The van der Waals surface area contributed by atoms with Crippen LogP contribution in [0.3, 0.4) is 0 Å². The topological polar surface area (TPSA) is 69.6 Å². The van der Waals surface area contributed by atoms with Crippen molar-refractivity contribution in [2.45, 2.75) is 37.0 Å². The molecule has 7 nitrogen and oxygen atoms in total. The van der Waals surface area contributed by atoms with Crippen molar-refractivity contribution >= 4 is 11.8 Å². The highest BCUT2D eigenvalue weighted by Crippen LogP contribution is 2.52. The Morgan fingerprint density at radius 1 is 1.00 bits per heavy atom. The maximum atomic E-state index is 13.1. The number of carbonyl (C=O) groups excluding carboxylic acids is 2. The number of hydrogen-bond acceptors (Lipinski definition) is 5. The molecule has 32 heavy (non-hydrogen) atoms. The first-order chi connectivity index (χ1) is 15.6. The molecule has 0 radical (unpaired) electrons. The van der Waals surface area contributed by atoms with E-state index in [-0.39, 0.29) is 23.1 Å². The number of piperazine rings is 1. The van der Waals surface area contributed by atoms with Gasteiger partial charge >= 0.3 is 0 Å². The molecule has 2 saturated heterocycles. The molecule has 0 bridgehead atoms. The molecule has 1 unspecified atom stereocenters. The number of likely N-dealkylation sites (N-methyl/N-ethyl adjacent to an activating group) is 1. The van der Waals surface area contributed by atoms with Gasteiger partial charge in [0.15, 0.2) is 0 Å². The Morgan fingerprint density at radius 2 is 1.75 bits per heavy atom. The van der Waals surface area contributed by atoms with Crippen molar-refractivity contribution in [1.82, 2.24) is 24.7 Å². The van der Waals surface area contributed by atoms with E-state index < -0.39 is 0 Å². The van der Waals surface area contributed by atoms with Crippen molar-refractivity contribution in [3.63, 3.8) is 0 Å². The predicted octanol–water partition coefficient (Wildman–Crippen LogP) is 2.30. The Balaban J connectivity index is 1.29. The number of benzene rings is 1. The standard InChI is InChI=1S/C25H31N5O2/c1-28-12-14-29(15-13-28)23(31)16-19-17-25(21-5-3-2-4-20(19)21)6-10-30(11-7-25)24(32)22-18-26-8-9-27-22/h2-5,8-9,18-19H,6-7,10-17H2,1H3. The van der Waals surface area contributed by atoms with E-state index in [1.54, 1.807) is 12.4 Å². The van der Waals surface area contributed by atoms with Crippen molar-refractivity contribution in [3.8, 4) is 0 Å². The first-order valence-corrected chi connectivity index (χ1v) is 11.7. The van der Waals surface area contributed by atoms with Crippen molar-refractivity contribution in [2.24, 2.45) is 0 Å². The van der Waals surface area contributed by atoms with Crippen LogP contribution in [0.15, 0.2) is 42.9 Å². The average molecular weight is 434 g/mol. The molecule has 2 aliphatic heterocycles. The van der Waals surface area contributed by atoms with Crippen molar-refractivity contribution in [1.29, 1.82) is 0 Å². The van der Waals surface area contributed by atoms with Gasteiger partial charge in [-0.2, -0.15) is 0 Å². The third kappa shape index (κ3) is 3.90. The molecule has 3 heterocycles. The summed E-state index contributed by atoms with van der Waals surface area (Å²) in [5.74, 6) is 0.506. The Labute approximate surface area is 189 Å². The monoisotopic (exact) mass is 433 g/mol. The summed E-state index contributed by atoms with van der Waals surface area (Å²) in [4.78, 5) is 40.3. The smallest absolute Gasteiger partial charge is 0.274 e. The largest absolute Gasteiger partial charge is 0.340 e. The molecular weight excluding hydrogens is 402 g/mol. The molecule has 0 saturated carbocycles. The molecule has 5 rings (SSSR count). The molecule has 3 aliphatic rings. The minimum Gasteiger partial charge on any atom is -0.340 e. The summed E-state index contributed by atoms with van der Waals surface area (Å²) in [7, 11) is 2.11. The van der Waals surface area contributed by atoms with Crippen LogP contribution < -0.4 is 0 Å². The average Bonchev–Trinajstić information content (AvgIpc) is 3.13. The molecule has 2 aromatic rings. The van der Waals surface area contributed by atoms with Crippen molar-refractivity contribution in [3.05, 3.63) is 59.7 Å². The van der Waals surface area contributed by atoms with Gasteiger partial charge in [0.1, 0.15) is 5.69 Å². The van der Waals surface area contributed by atoms with Crippen LogP contribution in [-0.2, 0) is 10.2 Å². The van der Waals surface area contributed by atoms with E-state index in [0.717, 1.165) is 45.4 Å². The second-order valence-electron chi connectivity index (χ2n) is 9.54. The van der Waals surface area contributed by atoms with Gasteiger partial charge in [-0.25, -0.2) is 4.98 Å². The van der Waals surface area contributed by atoms with E-state index in [2.05, 4.69) is 46.2 Å². The van der Waals surface area contributed by atoms with Gasteiger partial charge in [-0.05, 0) is 48.8 Å². The van der Waals surface area contributed by atoms with Gasteiger partial charge in [0, 0.05) is 58.1 Å². The number of carbonyl (C=O) groups is 2. The Hall–Kier alpha value is -2.80. The summed E-state index contributed by atoms with van der Waals surface area (Å²) in [5.41, 5.74) is 3.19. The van der Waals surface area contributed by atoms with Crippen LogP contribution in [0.25, 0.3) is 0 Å². The maximum Gasteiger partial charge on any atom is 0.274 e. The van der Waals surface area contributed by atoms with Gasteiger partial charge < -0.3 is 14.7 Å². The van der Waals surface area contributed by atoms with E-state index in [0.29, 0.717) is 25.2 Å². The highest BCUT2D eigenvalue weighted by Gasteiger charge is 2.46. The van der Waals surface area contributed by atoms with Crippen LogP contribution in [0.5, 0.6) is 0 Å². The summed E-state index contributed by atoms with van der Waals surface area (Å²) in [5, 5.41) is 0. The molecule has 168 valence electrons. The molecule has 2 amide bonds. The Kier molecular flexibility index (Phi) is 5.67. The lowest BCUT2D eigenvalue weighted by atomic mass is 9.73. The zero-order valence-corrected chi connectivity index (χ0v) is 18.7. The summed E-state index contributed by atoms with van der Waals surface area (Å²) >= 11 is 0. The number of likely N-dealkylation sites (tertiary alicyclic amines) is 1. The zero-order valence-electron chi connectivity index (χ0n) is 18.7. The van der Waals surface area contributed by atoms with E-state index in [9.17, 15) is 9.59 Å². The summed E-state index contributed by atoms with van der Waals surface area (Å²) < 4.78 is 0. The highest BCUT2D eigenvalue weighted by molar-refractivity contribution is 5.92. The van der Waals surface area contributed by atoms with Crippen LogP contribution in [0.4, 0.5) is 0 Å². The second-order valence-corrected chi connectivity index (χ2v) is 9.54. The molecule has 1 spiro atoms. The molecule has 1 atom stereocenters. The number of hydrogen-bond donors (Lipinski definition) is 0. The number of nitrogens with zero attached hydrogens (tertiary/aromatic N) is 5. The number of rotatable bonds is 3. The van der Waals surface area contributed by atoms with Crippen LogP contribution in [-0.4, -0.2) is 82.8 Å². The van der Waals surface area contributed by atoms with Crippen molar-refractivity contribution in [2.75, 3.05) is 46.3 Å². The molecular formula is C25H31N5O2. The molecule has 1 aliphatic carbocycles. The molecule has 0 N–H and O–H groups in total. The SMILES string of the molecule is CN1CCN(C(=O)CC2CC3(CCN(C(=O)c4cnccn4)CC3)c3ccccc32)CC1. The second kappa shape index (κ2) is 8.62. The lowest BCUT2D eigenvalue weighted by molar-refractivity contribution is -0.133. The number of amides is 2. The van der Waals surface area contributed by atoms with Gasteiger partial charge in [-0.15, -0.1) is 0 Å². The summed E-state index contributed by atoms with van der Waals surface area (Å²) in [6.07, 6.45) is 8.13. The normalized spacial score (nSPS) is 22.7. The van der Waals surface area contributed by atoms with E-state index in [1.165, 1.54) is 17.3 Å². The Bertz CT molecular complexity index is 979. The van der Waals surface area contributed by atoms with Crippen LogP contribution in [0.1, 0.15) is 53.2 Å². The third-order valence-corrected chi connectivity index (χ3v) is 7.68. The van der Waals surface area contributed by atoms with E-state index >= 15 is 0 Å². The van der Waals surface area contributed by atoms with Gasteiger partial charge in [0.2, 0.25) is 5.91 Å². The fourth-order valence-electron chi connectivity index (χ4n) is 5.79. The maximum absolute atomic E-state index is 13.1. The first-order valence-electron chi connectivity index (χ1n) is 11.7. The lowest BCUT2D eigenvalue weighted by Gasteiger charge is -2.40. The van der Waals surface area contributed by atoms with Gasteiger partial charge in [-0.1, -0.05) is 24.3 Å². The Morgan fingerprint density at radius 3 is 2.47 bits per heavy atom. The fraction of sp³-hybridized carbons (Fsp3) is 0.520. The van der Waals surface area contributed by atoms with E-state index in [1.807, 2.05) is 9.80 Å². The fourth-order valence-corrected chi connectivity index (χ4v) is 5.79. The lowest BCUT2D eigenvalue weighted by Crippen LogP contribution is -2.47. The minimum atomic E-state index is -0.0407. The van der Waals surface area contributed by atoms with Gasteiger partial charge in [-0.3, -0.25) is 14.6 Å². The molecule has 1 aromatic heterocycles. The highest BCUT2D eigenvalue weighted by atomic mass is 16.2. The predicted molar refractivity (Wildman–Crippen MR) is 121 cm³/mol. The molecule has 2 fully saturated rings. The van der Waals surface area contributed by atoms with E-state index in [4.69, 9.17) is 0 Å². The summed E-state index contributed by atoms with van der Waals surface area (Å²) in [6, 6.07) is 8.67. The molecule has 7 heteroatoms. The van der Waals surface area contributed by atoms with Crippen LogP contribution in [0.2, 0.25) is 0 Å². The summed E-state index contributed by atoms with van der Waals surface area (Å²) in [6.45, 7) is 4.98. The zero-order chi connectivity index (χ0) is 22.1. The first kappa shape index (κ1) is 21.1. The van der Waals surface area contributed by atoms with Crippen molar-refractivity contribution < 1.29 is 9.59 Å². The number of piperidine rings is 1. The third-order valence-electron chi connectivity index (χ3n) is 7.68.